The summed E-state index contributed by atoms with van der Waals surface area (Å²) in [5.41, 5.74) is 4.13. The molecule has 148 valence electrons. The lowest BCUT2D eigenvalue weighted by Gasteiger charge is -2.13. The number of nitrogens with zero attached hydrogens (tertiary/aromatic N) is 4. The minimum atomic E-state index is -0.386. The number of aryl methyl sites for hydroxylation is 2. The summed E-state index contributed by atoms with van der Waals surface area (Å²) in [4.78, 5) is 24.9. The van der Waals surface area contributed by atoms with Crippen molar-refractivity contribution in [3.8, 4) is 11.5 Å². The van der Waals surface area contributed by atoms with Gasteiger partial charge in [-0.05, 0) is 50.2 Å². The van der Waals surface area contributed by atoms with Crippen LogP contribution in [-0.2, 0) is 4.74 Å². The predicted octanol–water partition coefficient (Wildman–Crippen LogP) is 4.25. The average Bonchev–Trinajstić information content (AvgIpc) is 3.14. The lowest BCUT2D eigenvalue weighted by molar-refractivity contribution is 0.0601. The van der Waals surface area contributed by atoms with E-state index in [1.807, 2.05) is 19.1 Å². The number of ether oxygens (including phenoxy) is 1. The molecule has 0 unspecified atom stereocenters. The van der Waals surface area contributed by atoms with Crippen LogP contribution in [-0.4, -0.2) is 33.2 Å². The number of rotatable bonds is 4. The summed E-state index contributed by atoms with van der Waals surface area (Å²) in [7, 11) is 1.35. The van der Waals surface area contributed by atoms with E-state index in [0.29, 0.717) is 28.5 Å². The number of pyridine rings is 2. The van der Waals surface area contributed by atoms with Crippen LogP contribution in [0.5, 0.6) is 0 Å². The lowest BCUT2D eigenvalue weighted by atomic mass is 10.1. The molecule has 1 N–H and O–H groups in total. The molecule has 0 aliphatic heterocycles. The van der Waals surface area contributed by atoms with Gasteiger partial charge in [-0.1, -0.05) is 5.16 Å². The fourth-order valence-corrected chi connectivity index (χ4v) is 2.83. The van der Waals surface area contributed by atoms with Crippen LogP contribution in [0.3, 0.4) is 0 Å². The zero-order valence-electron chi connectivity index (χ0n) is 16.0. The minimum absolute atomic E-state index is 0. The second-order valence-corrected chi connectivity index (χ2v) is 6.21. The van der Waals surface area contributed by atoms with Gasteiger partial charge in [0.2, 0.25) is 0 Å². The van der Waals surface area contributed by atoms with E-state index in [2.05, 4.69) is 25.4 Å². The van der Waals surface area contributed by atoms with E-state index in [0.717, 1.165) is 22.5 Å². The molecule has 0 aliphatic carbocycles. The van der Waals surface area contributed by atoms with Crippen molar-refractivity contribution >= 4 is 40.8 Å². The Hall–Kier alpha value is -3.52. The third-order valence-corrected chi connectivity index (χ3v) is 4.20. The quantitative estimate of drug-likeness (QED) is 0.497. The molecule has 0 saturated carbocycles. The van der Waals surface area contributed by atoms with Crippen molar-refractivity contribution in [3.05, 3.63) is 59.7 Å². The van der Waals surface area contributed by atoms with E-state index in [-0.39, 0.29) is 18.4 Å². The zero-order chi connectivity index (χ0) is 19.7. The van der Waals surface area contributed by atoms with Gasteiger partial charge in [0.15, 0.2) is 11.5 Å². The number of methoxy groups -OCH3 is 1. The fourth-order valence-electron chi connectivity index (χ4n) is 2.83. The first-order chi connectivity index (χ1) is 13.5. The monoisotopic (exact) mass is 411 g/mol. The van der Waals surface area contributed by atoms with Crippen LogP contribution in [0.15, 0.2) is 47.1 Å². The van der Waals surface area contributed by atoms with Gasteiger partial charge in [0.1, 0.15) is 0 Å². The molecule has 0 amide bonds. The second-order valence-electron chi connectivity index (χ2n) is 6.21. The van der Waals surface area contributed by atoms with Crippen molar-refractivity contribution in [2.24, 2.45) is 0 Å². The summed E-state index contributed by atoms with van der Waals surface area (Å²) in [6.07, 6.45) is 1.66. The van der Waals surface area contributed by atoms with Gasteiger partial charge in [0.25, 0.3) is 5.89 Å². The number of aromatic nitrogens is 4. The Bertz CT molecular complexity index is 1170. The standard InChI is InChI=1S/C20H17N5O3.ClH/c1-11-4-9-15-17(24-14-7-5-13(6-8-14)20(26)27-3)16(10-21-18(15)22-11)19-23-12(2)25-28-19;/h4-10H,1-3H3,(H,21,22,24);1H. The molecule has 8 nitrogen and oxygen atoms in total. The average molecular weight is 412 g/mol. The molecule has 29 heavy (non-hydrogen) atoms. The summed E-state index contributed by atoms with van der Waals surface area (Å²) in [6, 6.07) is 10.8. The second kappa shape index (κ2) is 8.24. The van der Waals surface area contributed by atoms with Gasteiger partial charge in [-0.2, -0.15) is 4.98 Å². The Balaban J connectivity index is 0.00000240. The molecule has 9 heteroatoms. The van der Waals surface area contributed by atoms with Gasteiger partial charge >= 0.3 is 5.97 Å². The first-order valence-corrected chi connectivity index (χ1v) is 8.57. The third kappa shape index (κ3) is 4.02. The maximum Gasteiger partial charge on any atom is 0.337 e. The molecule has 3 heterocycles. The van der Waals surface area contributed by atoms with Crippen molar-refractivity contribution in [3.63, 3.8) is 0 Å². The molecule has 3 aromatic heterocycles. The van der Waals surface area contributed by atoms with Crippen molar-refractivity contribution in [1.29, 1.82) is 0 Å². The van der Waals surface area contributed by atoms with E-state index in [1.54, 1.807) is 37.4 Å². The van der Waals surface area contributed by atoms with Crippen LogP contribution in [0.4, 0.5) is 11.4 Å². The zero-order valence-corrected chi connectivity index (χ0v) is 16.8. The summed E-state index contributed by atoms with van der Waals surface area (Å²) in [5.74, 6) is 0.509. The van der Waals surface area contributed by atoms with Crippen LogP contribution in [0.1, 0.15) is 21.9 Å². The number of esters is 1. The molecule has 0 aliphatic rings. The Morgan fingerprint density at radius 2 is 1.83 bits per heavy atom. The Kier molecular flexibility index (Phi) is 5.74. The maximum absolute atomic E-state index is 11.6. The maximum atomic E-state index is 11.6. The number of fused-ring (bicyclic) bond motifs is 1. The molecule has 0 radical (unpaired) electrons. The Morgan fingerprint density at radius 1 is 1.07 bits per heavy atom. The van der Waals surface area contributed by atoms with Crippen molar-refractivity contribution in [1.82, 2.24) is 20.1 Å². The number of carbonyl (C=O) groups excluding carboxylic acids is 1. The fraction of sp³-hybridized carbons (Fsp3) is 0.150. The van der Waals surface area contributed by atoms with Gasteiger partial charge in [-0.3, -0.25) is 0 Å². The van der Waals surface area contributed by atoms with E-state index >= 15 is 0 Å². The highest BCUT2D eigenvalue weighted by Crippen LogP contribution is 2.34. The highest BCUT2D eigenvalue weighted by atomic mass is 35.5. The van der Waals surface area contributed by atoms with E-state index in [9.17, 15) is 4.79 Å². The minimum Gasteiger partial charge on any atom is -0.465 e. The molecule has 4 aromatic rings. The van der Waals surface area contributed by atoms with Crippen LogP contribution in [0.2, 0.25) is 0 Å². The van der Waals surface area contributed by atoms with Crippen molar-refractivity contribution in [2.45, 2.75) is 13.8 Å². The lowest BCUT2D eigenvalue weighted by Crippen LogP contribution is -2.02. The van der Waals surface area contributed by atoms with Crippen LogP contribution in [0, 0.1) is 13.8 Å². The van der Waals surface area contributed by atoms with Crippen molar-refractivity contribution in [2.75, 3.05) is 12.4 Å². The highest BCUT2D eigenvalue weighted by molar-refractivity contribution is 5.98. The Labute approximate surface area is 172 Å². The van der Waals surface area contributed by atoms with Gasteiger partial charge in [-0.15, -0.1) is 12.4 Å². The van der Waals surface area contributed by atoms with Gasteiger partial charge in [-0.25, -0.2) is 14.8 Å². The molecular weight excluding hydrogens is 394 g/mol. The van der Waals surface area contributed by atoms with Crippen molar-refractivity contribution < 1.29 is 14.1 Å². The summed E-state index contributed by atoms with van der Waals surface area (Å²) >= 11 is 0. The molecule has 1 aromatic carbocycles. The third-order valence-electron chi connectivity index (χ3n) is 4.20. The van der Waals surface area contributed by atoms with Gasteiger partial charge < -0.3 is 14.6 Å². The number of nitrogens with one attached hydrogen (secondary N) is 1. The SMILES string of the molecule is COC(=O)c1ccc(Nc2c(-c3nc(C)no3)cnc3nc(C)ccc23)cc1.Cl. The molecule has 0 spiro atoms. The number of halogens is 1. The summed E-state index contributed by atoms with van der Waals surface area (Å²) in [6.45, 7) is 3.67. The number of hydrogen-bond acceptors (Lipinski definition) is 8. The number of carbonyl (C=O) groups is 1. The summed E-state index contributed by atoms with van der Waals surface area (Å²) in [5, 5.41) is 8.05. The van der Waals surface area contributed by atoms with E-state index < -0.39 is 0 Å². The van der Waals surface area contributed by atoms with Gasteiger partial charge in [0.05, 0.1) is 23.9 Å². The molecule has 4 rings (SSSR count). The molecule has 0 fully saturated rings. The first kappa shape index (κ1) is 20.2. The number of hydrogen-bond donors (Lipinski definition) is 1. The van der Waals surface area contributed by atoms with Crippen LogP contribution in [0.25, 0.3) is 22.5 Å². The molecular formula is C20H18ClN5O3. The van der Waals surface area contributed by atoms with E-state index in [4.69, 9.17) is 9.26 Å². The molecule has 0 atom stereocenters. The largest absolute Gasteiger partial charge is 0.465 e. The van der Waals surface area contributed by atoms with Crippen LogP contribution >= 0.6 is 12.4 Å². The first-order valence-electron chi connectivity index (χ1n) is 8.57. The highest BCUT2D eigenvalue weighted by Gasteiger charge is 2.17. The van der Waals surface area contributed by atoms with E-state index in [1.165, 1.54) is 7.11 Å². The summed E-state index contributed by atoms with van der Waals surface area (Å²) < 4.78 is 10.1. The number of anilines is 2. The molecule has 0 saturated heterocycles. The Morgan fingerprint density at radius 3 is 2.48 bits per heavy atom. The smallest absolute Gasteiger partial charge is 0.337 e. The van der Waals surface area contributed by atoms with Crippen LogP contribution < -0.4 is 5.32 Å². The molecule has 0 bridgehead atoms. The topological polar surface area (TPSA) is 103 Å². The van der Waals surface area contributed by atoms with Gasteiger partial charge in [0, 0.05) is 23.0 Å². The normalized spacial score (nSPS) is 10.4. The number of benzene rings is 1. The predicted molar refractivity (Wildman–Crippen MR) is 111 cm³/mol.